The topological polar surface area (TPSA) is 33.1 Å². The Bertz CT molecular complexity index is 275. The summed E-state index contributed by atoms with van der Waals surface area (Å²) in [5, 5.41) is 9.12. The third kappa shape index (κ3) is 1.33. The van der Waals surface area contributed by atoms with E-state index < -0.39 is 0 Å². The molecule has 11 heavy (non-hydrogen) atoms. The van der Waals surface area contributed by atoms with E-state index in [2.05, 4.69) is 4.98 Å². The van der Waals surface area contributed by atoms with Gasteiger partial charge >= 0.3 is 0 Å². The van der Waals surface area contributed by atoms with Crippen molar-refractivity contribution in [3.05, 3.63) is 23.5 Å². The molecule has 2 heterocycles. The van der Waals surface area contributed by atoms with Crippen molar-refractivity contribution in [3.63, 3.8) is 0 Å². The smallest absolute Gasteiger partial charge is 0.134 e. The summed E-state index contributed by atoms with van der Waals surface area (Å²) in [6, 6.07) is 1.81. The van der Waals surface area contributed by atoms with E-state index >= 15 is 0 Å². The van der Waals surface area contributed by atoms with E-state index in [0.29, 0.717) is 0 Å². The molecule has 3 heteroatoms. The fourth-order valence-corrected chi connectivity index (χ4v) is 2.18. The Morgan fingerprint density at radius 3 is 3.36 bits per heavy atom. The second-order valence-electron chi connectivity index (χ2n) is 2.60. The first-order valence-electron chi connectivity index (χ1n) is 3.61. The van der Waals surface area contributed by atoms with Gasteiger partial charge in [0.2, 0.25) is 0 Å². The number of aromatic hydroxyl groups is 1. The van der Waals surface area contributed by atoms with Crippen molar-refractivity contribution in [2.75, 3.05) is 5.75 Å². The van der Waals surface area contributed by atoms with Crippen molar-refractivity contribution in [1.82, 2.24) is 4.98 Å². The standard InChI is InChI=1S/C8H9NOS/c10-7-3-6-5-11-2-1-8(6)9-4-7/h3-4,10H,1-2,5H2. The molecule has 0 radical (unpaired) electrons. The number of thioether (sulfide) groups is 1. The van der Waals surface area contributed by atoms with Crippen LogP contribution in [0.4, 0.5) is 0 Å². The van der Waals surface area contributed by atoms with E-state index in [1.165, 1.54) is 11.8 Å². The molecule has 0 unspecified atom stereocenters. The lowest BCUT2D eigenvalue weighted by Gasteiger charge is -2.13. The Morgan fingerprint density at radius 1 is 1.55 bits per heavy atom. The molecule has 0 aliphatic carbocycles. The third-order valence-corrected chi connectivity index (χ3v) is 2.79. The molecule has 1 aliphatic heterocycles. The second kappa shape index (κ2) is 2.74. The Balaban J connectivity index is 2.43. The Labute approximate surface area is 69.7 Å². The van der Waals surface area contributed by atoms with Gasteiger partial charge in [0, 0.05) is 11.4 Å². The summed E-state index contributed by atoms with van der Waals surface area (Å²) < 4.78 is 0. The fraction of sp³-hybridized carbons (Fsp3) is 0.375. The van der Waals surface area contributed by atoms with Gasteiger partial charge in [-0.3, -0.25) is 4.98 Å². The van der Waals surface area contributed by atoms with Gasteiger partial charge in [0.05, 0.1) is 6.20 Å². The molecule has 1 aromatic rings. The summed E-state index contributed by atoms with van der Waals surface area (Å²) >= 11 is 1.90. The van der Waals surface area contributed by atoms with Crippen LogP contribution in [-0.2, 0) is 12.2 Å². The van der Waals surface area contributed by atoms with Crippen molar-refractivity contribution in [2.24, 2.45) is 0 Å². The van der Waals surface area contributed by atoms with Crippen molar-refractivity contribution in [1.29, 1.82) is 0 Å². The maximum absolute atomic E-state index is 9.12. The zero-order valence-electron chi connectivity index (χ0n) is 6.08. The highest BCUT2D eigenvalue weighted by Gasteiger charge is 2.10. The van der Waals surface area contributed by atoms with Gasteiger partial charge in [0.1, 0.15) is 5.75 Å². The molecule has 0 aromatic carbocycles. The summed E-state index contributed by atoms with van der Waals surface area (Å²) in [7, 11) is 0. The quantitative estimate of drug-likeness (QED) is 0.636. The molecule has 0 fully saturated rings. The maximum Gasteiger partial charge on any atom is 0.134 e. The minimum absolute atomic E-state index is 0.284. The highest BCUT2D eigenvalue weighted by atomic mass is 32.2. The first-order valence-corrected chi connectivity index (χ1v) is 4.76. The number of hydrogen-bond acceptors (Lipinski definition) is 3. The van der Waals surface area contributed by atoms with E-state index in [4.69, 9.17) is 5.11 Å². The first-order chi connectivity index (χ1) is 5.36. The van der Waals surface area contributed by atoms with Crippen LogP contribution >= 0.6 is 11.8 Å². The Hall–Kier alpha value is -0.700. The summed E-state index contributed by atoms with van der Waals surface area (Å²) in [6.45, 7) is 0. The molecule has 1 N–H and O–H groups in total. The van der Waals surface area contributed by atoms with E-state index in [1.54, 1.807) is 0 Å². The zero-order valence-corrected chi connectivity index (χ0v) is 6.90. The molecule has 0 saturated heterocycles. The third-order valence-electron chi connectivity index (χ3n) is 1.79. The van der Waals surface area contributed by atoms with Crippen LogP contribution in [0.3, 0.4) is 0 Å². The van der Waals surface area contributed by atoms with E-state index in [-0.39, 0.29) is 5.75 Å². The molecular weight excluding hydrogens is 158 g/mol. The van der Waals surface area contributed by atoms with E-state index in [0.717, 1.165) is 23.6 Å². The molecular formula is C8H9NOS. The van der Waals surface area contributed by atoms with Gasteiger partial charge in [-0.1, -0.05) is 0 Å². The van der Waals surface area contributed by atoms with Crippen LogP contribution in [0.2, 0.25) is 0 Å². The lowest BCUT2D eigenvalue weighted by Crippen LogP contribution is -2.03. The van der Waals surface area contributed by atoms with Crippen LogP contribution in [0, 0.1) is 0 Å². The van der Waals surface area contributed by atoms with E-state index in [9.17, 15) is 0 Å². The maximum atomic E-state index is 9.12. The highest BCUT2D eigenvalue weighted by molar-refractivity contribution is 7.98. The average Bonchev–Trinajstić information content (AvgIpc) is 2.04. The van der Waals surface area contributed by atoms with Crippen LogP contribution in [0.1, 0.15) is 11.3 Å². The zero-order chi connectivity index (χ0) is 7.68. The van der Waals surface area contributed by atoms with Gasteiger partial charge in [-0.05, 0) is 23.8 Å². The van der Waals surface area contributed by atoms with Gasteiger partial charge in [-0.15, -0.1) is 0 Å². The monoisotopic (exact) mass is 167 g/mol. The van der Waals surface area contributed by atoms with Crippen LogP contribution in [0.15, 0.2) is 12.3 Å². The SMILES string of the molecule is Oc1cnc2c(c1)CSCC2. The van der Waals surface area contributed by atoms with Crippen molar-refractivity contribution in [3.8, 4) is 5.75 Å². The summed E-state index contributed by atoms with van der Waals surface area (Å²) in [6.07, 6.45) is 2.56. The van der Waals surface area contributed by atoms with Crippen molar-refractivity contribution < 1.29 is 5.11 Å². The molecule has 0 bridgehead atoms. The summed E-state index contributed by atoms with van der Waals surface area (Å²) in [5.74, 6) is 2.44. The fourth-order valence-electron chi connectivity index (χ4n) is 1.23. The number of hydrogen-bond donors (Lipinski definition) is 1. The van der Waals surface area contributed by atoms with Crippen LogP contribution in [0.25, 0.3) is 0 Å². The van der Waals surface area contributed by atoms with Gasteiger partial charge in [0.15, 0.2) is 0 Å². The normalized spacial score (nSPS) is 16.0. The second-order valence-corrected chi connectivity index (χ2v) is 3.71. The van der Waals surface area contributed by atoms with Crippen LogP contribution < -0.4 is 0 Å². The van der Waals surface area contributed by atoms with Gasteiger partial charge in [-0.2, -0.15) is 11.8 Å². The van der Waals surface area contributed by atoms with Crippen LogP contribution in [0.5, 0.6) is 5.75 Å². The molecule has 1 aliphatic rings. The molecule has 0 atom stereocenters. The number of nitrogens with zero attached hydrogens (tertiary/aromatic N) is 1. The highest BCUT2D eigenvalue weighted by Crippen LogP contribution is 2.25. The Morgan fingerprint density at radius 2 is 2.45 bits per heavy atom. The van der Waals surface area contributed by atoms with Gasteiger partial charge in [-0.25, -0.2) is 0 Å². The predicted octanol–water partition coefficient (Wildman–Crippen LogP) is 1.58. The average molecular weight is 167 g/mol. The molecule has 58 valence electrons. The summed E-state index contributed by atoms with van der Waals surface area (Å²) in [5.41, 5.74) is 2.35. The van der Waals surface area contributed by atoms with Crippen molar-refractivity contribution >= 4 is 11.8 Å². The largest absolute Gasteiger partial charge is 0.506 e. The Kier molecular flexibility index (Phi) is 1.74. The van der Waals surface area contributed by atoms with Crippen LogP contribution in [-0.4, -0.2) is 15.8 Å². The first kappa shape index (κ1) is 6.98. The number of pyridine rings is 1. The molecule has 2 rings (SSSR count). The lowest BCUT2D eigenvalue weighted by atomic mass is 10.1. The molecule has 2 nitrogen and oxygen atoms in total. The van der Waals surface area contributed by atoms with Crippen molar-refractivity contribution in [2.45, 2.75) is 12.2 Å². The molecule has 0 amide bonds. The number of aromatic nitrogens is 1. The molecule has 0 spiro atoms. The predicted molar refractivity (Wildman–Crippen MR) is 45.8 cm³/mol. The minimum atomic E-state index is 0.284. The van der Waals surface area contributed by atoms with Gasteiger partial charge < -0.3 is 5.11 Å². The number of aryl methyl sites for hydroxylation is 1. The lowest BCUT2D eigenvalue weighted by molar-refractivity contribution is 0.471. The molecule has 0 saturated carbocycles. The number of fused-ring (bicyclic) bond motifs is 1. The summed E-state index contributed by atoms with van der Waals surface area (Å²) in [4.78, 5) is 4.16. The van der Waals surface area contributed by atoms with E-state index in [1.807, 2.05) is 17.8 Å². The molecule has 1 aromatic heterocycles. The number of rotatable bonds is 0. The minimum Gasteiger partial charge on any atom is -0.506 e. The van der Waals surface area contributed by atoms with Gasteiger partial charge in [0.25, 0.3) is 0 Å².